The SMILES string of the molecule is C=C/C=C(\C)Cl.C=CC.CNc1cc2[nH]c(=O)n(-c3ccc(C(=O)NC(c4nc(=S)o[nH]4)c4ccc(Cl)s4)cc3)c(=O)c2cc1F.CNc1cc2[nH]c(=O)n(-c3ccc(C(=O)NC(c4nsc(=O)[nH]4)c4ccc(Cl)s4)cc3)c(=O)c2cc1F. The van der Waals surface area contributed by atoms with Crippen molar-refractivity contribution in [1.82, 2.24) is 49.2 Å². The van der Waals surface area contributed by atoms with Gasteiger partial charge in [0.1, 0.15) is 23.7 Å². The first-order valence-corrected chi connectivity index (χ1v) is 27.9. The molecule has 0 aliphatic heterocycles. The minimum Gasteiger partial charge on any atom is -0.386 e. The normalized spacial score (nSPS) is 11.7. The zero-order valence-electron chi connectivity index (χ0n) is 43.6. The predicted octanol–water partition coefficient (Wildman–Crippen LogP) is 10.9. The van der Waals surface area contributed by atoms with Crippen molar-refractivity contribution in [2.45, 2.75) is 25.9 Å². The first-order chi connectivity index (χ1) is 39.7. The van der Waals surface area contributed by atoms with E-state index in [0.29, 0.717) is 18.4 Å². The lowest BCUT2D eigenvalue weighted by atomic mass is 10.1. The second kappa shape index (κ2) is 27.9. The lowest BCUT2D eigenvalue weighted by Crippen LogP contribution is -2.34. The van der Waals surface area contributed by atoms with Crippen molar-refractivity contribution in [3.05, 3.63) is 242 Å². The highest BCUT2D eigenvalue weighted by Crippen LogP contribution is 2.32. The van der Waals surface area contributed by atoms with Crippen LogP contribution in [0.3, 0.4) is 0 Å². The molecule has 83 heavy (non-hydrogen) atoms. The van der Waals surface area contributed by atoms with Crippen molar-refractivity contribution in [1.29, 1.82) is 0 Å². The summed E-state index contributed by atoms with van der Waals surface area (Å²) in [6, 6.07) is 21.7. The molecule has 0 radical (unpaired) electrons. The lowest BCUT2D eigenvalue weighted by Gasteiger charge is -2.15. The Morgan fingerprint density at radius 1 is 0.699 bits per heavy atom. The Labute approximate surface area is 499 Å². The van der Waals surface area contributed by atoms with Crippen LogP contribution in [0.25, 0.3) is 33.2 Å². The molecule has 2 unspecified atom stereocenters. The van der Waals surface area contributed by atoms with Crippen LogP contribution in [0.4, 0.5) is 20.2 Å². The number of hydrogen-bond acceptors (Lipinski definition) is 16. The van der Waals surface area contributed by atoms with E-state index in [0.717, 1.165) is 37.8 Å². The van der Waals surface area contributed by atoms with E-state index < -0.39 is 58.0 Å². The highest BCUT2D eigenvalue weighted by Gasteiger charge is 2.25. The number of allylic oxidation sites excluding steroid dienone is 4. The van der Waals surface area contributed by atoms with Crippen LogP contribution in [0, 0.1) is 16.5 Å². The van der Waals surface area contributed by atoms with Crippen LogP contribution >= 0.6 is 81.2 Å². The molecule has 2 atom stereocenters. The molecular formula is C54H45Cl3F2N12O8S4. The van der Waals surface area contributed by atoms with Crippen LogP contribution in [0.15, 0.2) is 162 Å². The van der Waals surface area contributed by atoms with Gasteiger partial charge >= 0.3 is 21.1 Å². The van der Waals surface area contributed by atoms with Crippen molar-refractivity contribution in [2.24, 2.45) is 0 Å². The second-order valence-corrected chi connectivity index (χ2v) is 22.1. The Bertz CT molecular complexity index is 4170. The maximum Gasteiger partial charge on any atom is 0.333 e. The Kier molecular flexibility index (Phi) is 20.8. The molecule has 428 valence electrons. The first-order valence-electron chi connectivity index (χ1n) is 24.0. The molecule has 10 aromatic rings. The van der Waals surface area contributed by atoms with Crippen LogP contribution in [0.2, 0.25) is 8.67 Å². The molecule has 20 nitrogen and oxygen atoms in total. The van der Waals surface area contributed by atoms with Gasteiger partial charge in [-0.15, -0.1) is 29.3 Å². The fraction of sp³-hybridized carbons (Fsp3) is 0.111. The number of thiophene rings is 2. The van der Waals surface area contributed by atoms with Gasteiger partial charge < -0.3 is 35.8 Å². The monoisotopic (exact) mass is 1260 g/mol. The van der Waals surface area contributed by atoms with Crippen LogP contribution in [-0.2, 0) is 0 Å². The molecule has 29 heteroatoms. The quantitative estimate of drug-likeness (QED) is 0.0303. The standard InChI is InChI=1S/2C23H16ClFN6O4S2.C5H7Cl.C3H6/c1-26-15-9-14-12(8-13(15)25)21(33)31(22(34)27-14)11-4-2-10(3-5-11)20(32)28-18(16-6-7-17(24)36-16)19-29-23(35)37-30-19;1-26-15-9-14-12(8-13(15)25)21(33)31(22(34)27-14)11-4-2-10(3-5-11)20(32)28-18(16-6-7-17(24)37-16)19-29-23(36)35-30-19;1-3-4-5(2)6;1-3-2/h2-9,18,26H,1H3,(H,27,34)(H,28,32)(H,29,30,35);2-9,18,26H,1H3,(H,27,34)(H,28,32)(H,29,30,36);3-4H,1H2,2H3;3H,1H2,2H3/b;;5-4+;. The first kappa shape index (κ1) is 62.0. The zero-order chi connectivity index (χ0) is 60.2. The maximum atomic E-state index is 14.3. The summed E-state index contributed by atoms with van der Waals surface area (Å²) in [6.45, 7) is 10.5. The van der Waals surface area contributed by atoms with Crippen molar-refractivity contribution in [3.63, 3.8) is 0 Å². The summed E-state index contributed by atoms with van der Waals surface area (Å²) in [5.74, 6) is -1.67. The summed E-state index contributed by atoms with van der Waals surface area (Å²) in [6.07, 6.45) is 5.14. The summed E-state index contributed by atoms with van der Waals surface area (Å²) in [5, 5.41) is 14.3. The van der Waals surface area contributed by atoms with E-state index in [2.05, 4.69) is 63.9 Å². The molecule has 0 saturated carbocycles. The number of rotatable bonds is 13. The molecule has 0 aliphatic rings. The molecule has 6 heterocycles. The third-order valence-corrected chi connectivity index (χ3v) is 14.8. The highest BCUT2D eigenvalue weighted by molar-refractivity contribution is 7.71. The molecule has 10 rings (SSSR count). The number of nitrogens with zero attached hydrogens (tertiary/aromatic N) is 4. The average molecular weight is 1260 g/mol. The predicted molar refractivity (Wildman–Crippen MR) is 327 cm³/mol. The number of carbonyl (C=O) groups excluding carboxylic acids is 2. The van der Waals surface area contributed by atoms with Crippen molar-refractivity contribution in [3.8, 4) is 11.4 Å². The van der Waals surface area contributed by atoms with Gasteiger partial charge in [-0.2, -0.15) is 9.36 Å². The minimum atomic E-state index is -0.744. The lowest BCUT2D eigenvalue weighted by molar-refractivity contribution is 0.0934. The van der Waals surface area contributed by atoms with Gasteiger partial charge in [0.05, 0.1) is 53.2 Å². The molecule has 0 saturated heterocycles. The number of fused-ring (bicyclic) bond motifs is 2. The van der Waals surface area contributed by atoms with Gasteiger partial charge in [0.2, 0.25) is 0 Å². The van der Waals surface area contributed by atoms with Gasteiger partial charge in [-0.3, -0.25) is 29.0 Å². The maximum absolute atomic E-state index is 14.3. The van der Waals surface area contributed by atoms with Gasteiger partial charge in [-0.1, -0.05) is 53.5 Å². The Balaban J connectivity index is 0.000000208. The van der Waals surface area contributed by atoms with Gasteiger partial charge in [0, 0.05) is 51.5 Å². The van der Waals surface area contributed by atoms with Crippen LogP contribution in [0.5, 0.6) is 0 Å². The van der Waals surface area contributed by atoms with Crippen molar-refractivity contribution >= 4 is 126 Å². The number of halogens is 5. The van der Waals surface area contributed by atoms with Gasteiger partial charge in [0.15, 0.2) is 11.6 Å². The fourth-order valence-electron chi connectivity index (χ4n) is 7.69. The van der Waals surface area contributed by atoms with E-state index >= 15 is 0 Å². The molecule has 0 aliphatic carbocycles. The Morgan fingerprint density at radius 3 is 1.46 bits per heavy atom. The molecule has 4 aromatic carbocycles. The highest BCUT2D eigenvalue weighted by atomic mass is 35.5. The van der Waals surface area contributed by atoms with Gasteiger partial charge in [-0.05, 0) is 129 Å². The molecule has 2 amide bonds. The van der Waals surface area contributed by atoms with Crippen molar-refractivity contribution in [2.75, 3.05) is 24.7 Å². The summed E-state index contributed by atoms with van der Waals surface area (Å²) >= 11 is 25.6. The molecule has 0 bridgehead atoms. The third kappa shape index (κ3) is 14.9. The minimum absolute atomic E-state index is 0.000317. The zero-order valence-corrected chi connectivity index (χ0v) is 49.1. The van der Waals surface area contributed by atoms with E-state index in [4.69, 9.17) is 51.5 Å². The number of H-pyrrole nitrogens is 4. The Morgan fingerprint density at radius 2 is 1.13 bits per heavy atom. The summed E-state index contributed by atoms with van der Waals surface area (Å²) in [5.41, 5.74) is -1.31. The molecule has 8 N–H and O–H groups in total. The number of anilines is 2. The van der Waals surface area contributed by atoms with E-state index in [1.54, 1.807) is 42.5 Å². The number of carbonyl (C=O) groups is 2. The molecule has 6 aromatic heterocycles. The number of aromatic amines is 4. The third-order valence-electron chi connectivity index (χ3n) is 11.4. The van der Waals surface area contributed by atoms with Crippen LogP contribution in [-0.4, -0.2) is 64.5 Å². The number of benzene rings is 4. The number of aromatic nitrogens is 8. The smallest absolute Gasteiger partial charge is 0.333 e. The van der Waals surface area contributed by atoms with Crippen LogP contribution in [0.1, 0.15) is 68.1 Å². The van der Waals surface area contributed by atoms with E-state index in [1.807, 2.05) is 13.8 Å². The van der Waals surface area contributed by atoms with Crippen LogP contribution < -0.4 is 48.6 Å². The van der Waals surface area contributed by atoms with E-state index in [9.17, 15) is 42.3 Å². The topological polar surface area (TPSA) is 280 Å². The van der Waals surface area contributed by atoms with Gasteiger partial charge in [-0.25, -0.2) is 32.7 Å². The van der Waals surface area contributed by atoms with E-state index in [-0.39, 0.29) is 77.0 Å². The summed E-state index contributed by atoms with van der Waals surface area (Å²) in [7, 11) is 3.05. The average Bonchev–Trinajstić information content (AvgIpc) is 3.58. The molecule has 0 spiro atoms. The van der Waals surface area contributed by atoms with Crippen molar-refractivity contribution < 1.29 is 22.9 Å². The van der Waals surface area contributed by atoms with Gasteiger partial charge in [0.25, 0.3) is 22.9 Å². The number of hydrogen-bond donors (Lipinski definition) is 8. The fourth-order valence-corrected chi connectivity index (χ4v) is 10.6. The Hall–Kier alpha value is -8.63. The largest absolute Gasteiger partial charge is 0.386 e. The van der Waals surface area contributed by atoms with E-state index in [1.165, 1.54) is 97.4 Å². The summed E-state index contributed by atoms with van der Waals surface area (Å²) in [4.78, 5) is 102. The molecule has 0 fully saturated rings. The number of amides is 2. The summed E-state index contributed by atoms with van der Waals surface area (Å²) < 4.78 is 40.3. The number of nitrogens with one attached hydrogen (secondary N) is 8. The second-order valence-electron chi connectivity index (χ2n) is 16.9. The molecular weight excluding hydrogens is 1220 g/mol.